The van der Waals surface area contributed by atoms with Crippen LogP contribution in [0.4, 0.5) is 26.1 Å². The zero-order valence-electron chi connectivity index (χ0n) is 28.7. The van der Waals surface area contributed by atoms with Crippen LogP contribution in [-0.4, -0.2) is 72.1 Å². The van der Waals surface area contributed by atoms with E-state index in [4.69, 9.17) is 0 Å². The van der Waals surface area contributed by atoms with Gasteiger partial charge in [0.2, 0.25) is 5.91 Å². The van der Waals surface area contributed by atoms with Gasteiger partial charge in [-0.2, -0.15) is 0 Å². The van der Waals surface area contributed by atoms with Crippen molar-refractivity contribution in [1.82, 2.24) is 20.2 Å². The van der Waals surface area contributed by atoms with E-state index < -0.39 is 17.2 Å². The standard InChI is InChI=1S/C36H53F2N7O/c1-8-34(4,5)35(6,7)9-14-39-30-21-31(41-25-40-30)44-17-12-36(13-18-44)24-45(23-32(46)42-36)29-20-27(37)26(19-28(29)38)22-43-15-10-33(2,3)11-16-43/h8,19-21,25H,1,9-18,22-24H2,2-7H3,(H,42,46)(H,39,40,41). The summed E-state index contributed by atoms with van der Waals surface area (Å²) in [5.74, 6) is 0.541. The monoisotopic (exact) mass is 637 g/mol. The predicted molar refractivity (Wildman–Crippen MR) is 182 cm³/mol. The Kier molecular flexibility index (Phi) is 9.69. The second kappa shape index (κ2) is 13.1. The number of hydrogen-bond acceptors (Lipinski definition) is 7. The average Bonchev–Trinajstić information content (AvgIpc) is 2.99. The van der Waals surface area contributed by atoms with Crippen molar-refractivity contribution in [2.24, 2.45) is 16.2 Å². The highest BCUT2D eigenvalue weighted by Crippen LogP contribution is 2.42. The maximum Gasteiger partial charge on any atom is 0.240 e. The molecule has 0 bridgehead atoms. The number of hydrogen-bond donors (Lipinski definition) is 2. The highest BCUT2D eigenvalue weighted by molar-refractivity contribution is 5.84. The Morgan fingerprint density at radius 3 is 2.35 bits per heavy atom. The van der Waals surface area contributed by atoms with E-state index in [9.17, 15) is 4.79 Å². The summed E-state index contributed by atoms with van der Waals surface area (Å²) in [6, 6.07) is 4.59. The smallest absolute Gasteiger partial charge is 0.240 e. The molecule has 5 rings (SSSR count). The third-order valence-electron chi connectivity index (χ3n) is 11.3. The van der Waals surface area contributed by atoms with Crippen molar-refractivity contribution < 1.29 is 13.6 Å². The Labute approximate surface area is 274 Å². The van der Waals surface area contributed by atoms with Gasteiger partial charge in [-0.1, -0.05) is 47.6 Å². The summed E-state index contributed by atoms with van der Waals surface area (Å²) in [5.41, 5.74) is 0.371. The van der Waals surface area contributed by atoms with Crippen molar-refractivity contribution in [1.29, 1.82) is 0 Å². The molecule has 0 radical (unpaired) electrons. The van der Waals surface area contributed by atoms with Crippen molar-refractivity contribution in [3.8, 4) is 0 Å². The molecule has 1 aromatic heterocycles. The molecule has 1 aromatic carbocycles. The van der Waals surface area contributed by atoms with Gasteiger partial charge in [-0.3, -0.25) is 9.69 Å². The molecule has 10 heteroatoms. The Morgan fingerprint density at radius 2 is 1.67 bits per heavy atom. The number of likely N-dealkylation sites (tertiary alicyclic amines) is 1. The molecule has 1 amide bonds. The van der Waals surface area contributed by atoms with Gasteiger partial charge >= 0.3 is 0 Å². The van der Waals surface area contributed by atoms with Crippen molar-refractivity contribution in [2.45, 2.75) is 85.7 Å². The summed E-state index contributed by atoms with van der Waals surface area (Å²) >= 11 is 0. The van der Waals surface area contributed by atoms with Gasteiger partial charge in [0, 0.05) is 50.4 Å². The minimum Gasteiger partial charge on any atom is -0.370 e. The first-order valence-corrected chi connectivity index (χ1v) is 16.8. The minimum absolute atomic E-state index is 0.00407. The van der Waals surface area contributed by atoms with E-state index in [1.165, 1.54) is 12.1 Å². The van der Waals surface area contributed by atoms with E-state index >= 15 is 8.78 Å². The molecule has 3 fully saturated rings. The number of aromatic nitrogens is 2. The number of carbonyl (C=O) groups is 1. The Balaban J connectivity index is 1.20. The number of carbonyl (C=O) groups excluding carboxylic acids is 1. The third kappa shape index (κ3) is 7.64. The number of rotatable bonds is 10. The molecule has 46 heavy (non-hydrogen) atoms. The average molecular weight is 638 g/mol. The number of piperidine rings is 2. The first-order valence-electron chi connectivity index (χ1n) is 16.8. The number of nitrogens with one attached hydrogen (secondary N) is 2. The summed E-state index contributed by atoms with van der Waals surface area (Å²) in [7, 11) is 0. The van der Waals surface area contributed by atoms with Gasteiger partial charge in [-0.05, 0) is 67.5 Å². The number of piperazine rings is 1. The molecule has 1 spiro atoms. The number of amides is 1. The Hall–Kier alpha value is -3.27. The van der Waals surface area contributed by atoms with Crippen LogP contribution in [0, 0.1) is 27.9 Å². The fourth-order valence-electron chi connectivity index (χ4n) is 6.80. The summed E-state index contributed by atoms with van der Waals surface area (Å²) < 4.78 is 30.9. The lowest BCUT2D eigenvalue weighted by Gasteiger charge is -2.48. The molecule has 4 heterocycles. The van der Waals surface area contributed by atoms with Crippen LogP contribution < -0.4 is 20.4 Å². The molecular weight excluding hydrogens is 584 g/mol. The molecule has 3 aliphatic rings. The van der Waals surface area contributed by atoms with E-state index in [1.807, 2.05) is 12.1 Å². The lowest BCUT2D eigenvalue weighted by Crippen LogP contribution is -2.66. The molecule has 252 valence electrons. The van der Waals surface area contributed by atoms with Crippen LogP contribution in [0.3, 0.4) is 0 Å². The molecule has 0 aliphatic carbocycles. The van der Waals surface area contributed by atoms with E-state index in [0.29, 0.717) is 50.0 Å². The number of benzene rings is 1. The third-order valence-corrected chi connectivity index (χ3v) is 11.3. The second-order valence-corrected chi connectivity index (χ2v) is 15.8. The number of nitrogens with zero attached hydrogens (tertiary/aromatic N) is 5. The lowest BCUT2D eigenvalue weighted by molar-refractivity contribution is -0.123. The number of allylic oxidation sites excluding steroid dienone is 1. The summed E-state index contributed by atoms with van der Waals surface area (Å²) in [6.45, 7) is 22.2. The van der Waals surface area contributed by atoms with E-state index in [2.05, 4.69) is 78.5 Å². The van der Waals surface area contributed by atoms with E-state index in [0.717, 1.165) is 50.5 Å². The quantitative estimate of drug-likeness (QED) is 0.293. The fourth-order valence-corrected chi connectivity index (χ4v) is 6.80. The van der Waals surface area contributed by atoms with Crippen molar-refractivity contribution in [2.75, 3.05) is 60.9 Å². The summed E-state index contributed by atoms with van der Waals surface area (Å²) in [4.78, 5) is 28.0. The Morgan fingerprint density at radius 1 is 0.978 bits per heavy atom. The van der Waals surface area contributed by atoms with Crippen LogP contribution in [0.5, 0.6) is 0 Å². The van der Waals surface area contributed by atoms with Crippen molar-refractivity contribution in [3.05, 3.63) is 54.4 Å². The van der Waals surface area contributed by atoms with Crippen molar-refractivity contribution in [3.63, 3.8) is 0 Å². The highest BCUT2D eigenvalue weighted by atomic mass is 19.1. The van der Waals surface area contributed by atoms with Gasteiger partial charge in [0.25, 0.3) is 0 Å². The van der Waals surface area contributed by atoms with Crippen LogP contribution in [0.2, 0.25) is 0 Å². The minimum atomic E-state index is -0.522. The van der Waals surface area contributed by atoms with E-state index in [-0.39, 0.29) is 29.0 Å². The van der Waals surface area contributed by atoms with Gasteiger partial charge in [0.1, 0.15) is 29.6 Å². The largest absolute Gasteiger partial charge is 0.370 e. The van der Waals surface area contributed by atoms with Crippen molar-refractivity contribution >= 4 is 23.2 Å². The van der Waals surface area contributed by atoms with Gasteiger partial charge in [0.05, 0.1) is 17.8 Å². The Bertz CT molecular complexity index is 1410. The summed E-state index contributed by atoms with van der Waals surface area (Å²) in [6.07, 6.45) is 7.98. The molecule has 8 nitrogen and oxygen atoms in total. The summed E-state index contributed by atoms with van der Waals surface area (Å²) in [5, 5.41) is 6.66. The first kappa shape index (κ1) is 34.1. The molecular formula is C36H53F2N7O. The normalized spacial score (nSPS) is 20.5. The zero-order valence-corrected chi connectivity index (χ0v) is 28.7. The lowest BCUT2D eigenvalue weighted by atomic mass is 9.66. The number of halogens is 2. The highest BCUT2D eigenvalue weighted by Gasteiger charge is 2.42. The maximum absolute atomic E-state index is 15.5. The van der Waals surface area contributed by atoms with Gasteiger partial charge in [0.15, 0.2) is 0 Å². The topological polar surface area (TPSA) is 76.6 Å². The predicted octanol–water partition coefficient (Wildman–Crippen LogP) is 6.39. The first-order chi connectivity index (χ1) is 21.6. The number of anilines is 3. The second-order valence-electron chi connectivity index (χ2n) is 15.8. The van der Waals surface area contributed by atoms with Gasteiger partial charge in [-0.15, -0.1) is 6.58 Å². The van der Waals surface area contributed by atoms with Gasteiger partial charge in [-0.25, -0.2) is 18.7 Å². The van der Waals surface area contributed by atoms with Crippen LogP contribution >= 0.6 is 0 Å². The molecule has 2 N–H and O–H groups in total. The molecule has 2 aromatic rings. The molecule has 0 saturated carbocycles. The zero-order chi connectivity index (χ0) is 33.3. The van der Waals surface area contributed by atoms with Crippen LogP contribution in [0.25, 0.3) is 0 Å². The van der Waals surface area contributed by atoms with Gasteiger partial charge < -0.3 is 20.4 Å². The SMILES string of the molecule is C=CC(C)(C)C(C)(C)CCNc1cc(N2CCC3(CC2)CN(c2cc(F)c(CN4CCC(C)(C)CC4)cc2F)CC(=O)N3)ncn1. The van der Waals surface area contributed by atoms with Crippen LogP contribution in [0.1, 0.15) is 79.2 Å². The van der Waals surface area contributed by atoms with Crippen LogP contribution in [0.15, 0.2) is 37.2 Å². The van der Waals surface area contributed by atoms with E-state index in [1.54, 1.807) is 11.2 Å². The maximum atomic E-state index is 15.5. The van der Waals surface area contributed by atoms with Crippen LogP contribution in [-0.2, 0) is 11.3 Å². The fraction of sp³-hybridized carbons (Fsp3) is 0.639. The molecule has 3 saturated heterocycles. The molecule has 3 aliphatic heterocycles. The molecule has 0 unspecified atom stereocenters. The molecule has 0 atom stereocenters.